The lowest BCUT2D eigenvalue weighted by Gasteiger charge is -2.18. The lowest BCUT2D eigenvalue weighted by atomic mass is 10.1. The third-order valence-electron chi connectivity index (χ3n) is 4.25. The third-order valence-corrected chi connectivity index (χ3v) is 4.25. The largest absolute Gasteiger partial charge is 0.489 e. The van der Waals surface area contributed by atoms with E-state index >= 15 is 0 Å². The number of hydrogen-bond acceptors (Lipinski definition) is 3. The predicted molar refractivity (Wildman–Crippen MR) is 134 cm³/mol. The highest BCUT2D eigenvalue weighted by Crippen LogP contribution is 2.14. The Morgan fingerprint density at radius 3 is 2.43 bits per heavy atom. The molecule has 6 nitrogen and oxygen atoms in total. The SMILES string of the molecule is CCNC(=NCc1ccc(C(=O)N(C)C)cc1)NCC(C)Oc1cccc(C)c1.I. The van der Waals surface area contributed by atoms with Crippen LogP contribution in [0.2, 0.25) is 0 Å². The molecular weight excluding hydrogens is 491 g/mol. The number of benzene rings is 2. The lowest BCUT2D eigenvalue weighted by molar-refractivity contribution is 0.0827. The molecule has 0 fully saturated rings. The zero-order chi connectivity index (χ0) is 21.2. The van der Waals surface area contributed by atoms with E-state index < -0.39 is 0 Å². The molecule has 2 aromatic rings. The van der Waals surface area contributed by atoms with Crippen LogP contribution in [0.4, 0.5) is 0 Å². The summed E-state index contributed by atoms with van der Waals surface area (Å²) in [5, 5.41) is 6.57. The Kier molecular flexibility index (Phi) is 11.2. The van der Waals surface area contributed by atoms with E-state index in [4.69, 9.17) is 4.74 Å². The molecule has 0 radical (unpaired) electrons. The quantitative estimate of drug-likeness (QED) is 0.313. The highest BCUT2D eigenvalue weighted by molar-refractivity contribution is 14.0. The van der Waals surface area contributed by atoms with Crippen molar-refractivity contribution in [3.05, 3.63) is 65.2 Å². The minimum atomic E-state index is -0.00279. The molecule has 1 amide bonds. The van der Waals surface area contributed by atoms with Crippen LogP contribution in [0.5, 0.6) is 5.75 Å². The van der Waals surface area contributed by atoms with Crippen molar-refractivity contribution in [1.82, 2.24) is 15.5 Å². The molecule has 0 aliphatic rings. The molecule has 164 valence electrons. The van der Waals surface area contributed by atoms with Crippen LogP contribution in [-0.4, -0.2) is 50.1 Å². The van der Waals surface area contributed by atoms with Crippen LogP contribution in [0.15, 0.2) is 53.5 Å². The highest BCUT2D eigenvalue weighted by atomic mass is 127. The van der Waals surface area contributed by atoms with Crippen molar-refractivity contribution in [3.63, 3.8) is 0 Å². The number of amides is 1. The van der Waals surface area contributed by atoms with Crippen molar-refractivity contribution in [2.45, 2.75) is 33.4 Å². The van der Waals surface area contributed by atoms with Gasteiger partial charge in [-0.2, -0.15) is 0 Å². The lowest BCUT2D eigenvalue weighted by Crippen LogP contribution is -2.41. The van der Waals surface area contributed by atoms with Crippen LogP contribution in [0.3, 0.4) is 0 Å². The number of guanidine groups is 1. The number of nitrogens with zero attached hydrogens (tertiary/aromatic N) is 2. The zero-order valence-electron chi connectivity index (χ0n) is 18.4. The van der Waals surface area contributed by atoms with Crippen molar-refractivity contribution in [2.75, 3.05) is 27.2 Å². The molecule has 0 aliphatic heterocycles. The minimum Gasteiger partial charge on any atom is -0.489 e. The van der Waals surface area contributed by atoms with E-state index in [1.807, 2.05) is 56.3 Å². The van der Waals surface area contributed by atoms with Crippen molar-refractivity contribution < 1.29 is 9.53 Å². The van der Waals surface area contributed by atoms with Gasteiger partial charge in [0.1, 0.15) is 11.9 Å². The van der Waals surface area contributed by atoms with Crippen LogP contribution in [-0.2, 0) is 6.54 Å². The molecule has 2 aromatic carbocycles. The maximum absolute atomic E-state index is 12.0. The number of rotatable bonds is 8. The predicted octanol–water partition coefficient (Wildman–Crippen LogP) is 3.84. The Bertz CT molecular complexity index is 822. The van der Waals surface area contributed by atoms with E-state index in [0.29, 0.717) is 18.7 Å². The Hall–Kier alpha value is -2.29. The molecule has 30 heavy (non-hydrogen) atoms. The molecule has 1 unspecified atom stereocenters. The Balaban J connectivity index is 0.00000450. The second-order valence-electron chi connectivity index (χ2n) is 7.22. The van der Waals surface area contributed by atoms with E-state index in [0.717, 1.165) is 23.8 Å². The zero-order valence-corrected chi connectivity index (χ0v) is 20.8. The molecule has 0 saturated heterocycles. The van der Waals surface area contributed by atoms with Crippen LogP contribution in [0, 0.1) is 6.92 Å². The normalized spacial score (nSPS) is 11.8. The Labute approximate surface area is 197 Å². The second kappa shape index (κ2) is 13.1. The summed E-state index contributed by atoms with van der Waals surface area (Å²) in [7, 11) is 3.50. The number of halogens is 1. The van der Waals surface area contributed by atoms with Gasteiger partial charge >= 0.3 is 0 Å². The summed E-state index contributed by atoms with van der Waals surface area (Å²) in [4.78, 5) is 18.2. The molecule has 0 aliphatic carbocycles. The number of carbonyl (C=O) groups excluding carboxylic acids is 1. The topological polar surface area (TPSA) is 66.0 Å². The van der Waals surface area contributed by atoms with Crippen LogP contribution in [0.25, 0.3) is 0 Å². The molecule has 0 saturated carbocycles. The van der Waals surface area contributed by atoms with Gasteiger partial charge in [0.15, 0.2) is 5.96 Å². The van der Waals surface area contributed by atoms with E-state index in [-0.39, 0.29) is 36.0 Å². The summed E-state index contributed by atoms with van der Waals surface area (Å²) >= 11 is 0. The van der Waals surface area contributed by atoms with Gasteiger partial charge in [-0.25, -0.2) is 4.99 Å². The van der Waals surface area contributed by atoms with Crippen LogP contribution < -0.4 is 15.4 Å². The van der Waals surface area contributed by atoms with Crippen molar-refractivity contribution in [3.8, 4) is 5.75 Å². The maximum Gasteiger partial charge on any atom is 0.253 e. The van der Waals surface area contributed by atoms with Gasteiger partial charge in [0, 0.05) is 26.2 Å². The summed E-state index contributed by atoms with van der Waals surface area (Å²) < 4.78 is 5.96. The first-order valence-corrected chi connectivity index (χ1v) is 9.95. The molecule has 0 aromatic heterocycles. The van der Waals surface area contributed by atoms with Gasteiger partial charge in [0.25, 0.3) is 5.91 Å². The average Bonchev–Trinajstić information content (AvgIpc) is 2.70. The highest BCUT2D eigenvalue weighted by Gasteiger charge is 2.08. The standard InChI is InChI=1S/C23H32N4O2.HI/c1-6-24-23(25-15-18(3)29-21-9-7-8-17(2)14-21)26-16-19-10-12-20(13-11-19)22(28)27(4)5;/h7-14,18H,6,15-16H2,1-5H3,(H2,24,25,26);1H. The summed E-state index contributed by atoms with van der Waals surface area (Å²) in [6.45, 7) is 8.05. The van der Waals surface area contributed by atoms with Gasteiger partial charge in [-0.1, -0.05) is 24.3 Å². The van der Waals surface area contributed by atoms with Crippen molar-refractivity contribution in [1.29, 1.82) is 0 Å². The first kappa shape index (κ1) is 25.7. The van der Waals surface area contributed by atoms with Crippen molar-refractivity contribution >= 4 is 35.8 Å². The number of aryl methyl sites for hydroxylation is 1. The average molecular weight is 524 g/mol. The fourth-order valence-electron chi connectivity index (χ4n) is 2.73. The molecule has 0 spiro atoms. The first-order valence-electron chi connectivity index (χ1n) is 9.95. The summed E-state index contributed by atoms with van der Waals surface area (Å²) in [6.07, 6.45) is -0.00279. The van der Waals surface area contributed by atoms with Gasteiger partial charge in [0.2, 0.25) is 0 Å². The second-order valence-corrected chi connectivity index (χ2v) is 7.22. The molecular formula is C23H33IN4O2. The fraction of sp³-hybridized carbons (Fsp3) is 0.391. The summed E-state index contributed by atoms with van der Waals surface area (Å²) in [6, 6.07) is 15.6. The number of aliphatic imine (C=N–C) groups is 1. The van der Waals surface area contributed by atoms with Gasteiger partial charge in [-0.3, -0.25) is 4.79 Å². The molecule has 2 N–H and O–H groups in total. The Morgan fingerprint density at radius 1 is 1.13 bits per heavy atom. The Morgan fingerprint density at radius 2 is 1.83 bits per heavy atom. The van der Waals surface area contributed by atoms with Gasteiger partial charge in [-0.05, 0) is 56.2 Å². The minimum absolute atomic E-state index is 0. The summed E-state index contributed by atoms with van der Waals surface area (Å²) in [5.41, 5.74) is 2.90. The molecule has 2 rings (SSSR count). The van der Waals surface area contributed by atoms with Crippen LogP contribution in [0.1, 0.15) is 35.3 Å². The van der Waals surface area contributed by atoms with E-state index in [9.17, 15) is 4.79 Å². The van der Waals surface area contributed by atoms with E-state index in [1.54, 1.807) is 19.0 Å². The van der Waals surface area contributed by atoms with Gasteiger partial charge in [-0.15, -0.1) is 24.0 Å². The van der Waals surface area contributed by atoms with Gasteiger partial charge in [0.05, 0.1) is 13.1 Å². The van der Waals surface area contributed by atoms with E-state index in [1.165, 1.54) is 5.56 Å². The molecule has 7 heteroatoms. The summed E-state index contributed by atoms with van der Waals surface area (Å²) in [5.74, 6) is 1.60. The van der Waals surface area contributed by atoms with Crippen molar-refractivity contribution in [2.24, 2.45) is 4.99 Å². The monoisotopic (exact) mass is 524 g/mol. The smallest absolute Gasteiger partial charge is 0.253 e. The van der Waals surface area contributed by atoms with E-state index in [2.05, 4.69) is 28.6 Å². The molecule has 1 atom stereocenters. The first-order chi connectivity index (χ1) is 13.9. The third kappa shape index (κ3) is 8.61. The maximum atomic E-state index is 12.0. The number of hydrogen-bond donors (Lipinski definition) is 2. The molecule has 0 heterocycles. The van der Waals surface area contributed by atoms with Crippen LogP contribution >= 0.6 is 24.0 Å². The number of carbonyl (C=O) groups is 1. The number of nitrogens with one attached hydrogen (secondary N) is 2. The van der Waals surface area contributed by atoms with Gasteiger partial charge < -0.3 is 20.3 Å². The number of ether oxygens (including phenoxy) is 1. The fourth-order valence-corrected chi connectivity index (χ4v) is 2.73. The molecule has 0 bridgehead atoms.